The van der Waals surface area contributed by atoms with Crippen molar-refractivity contribution >= 4 is 16.8 Å². The molecule has 1 N–H and O–H groups in total. The Labute approximate surface area is 133 Å². The van der Waals surface area contributed by atoms with Crippen LogP contribution in [0.5, 0.6) is 5.75 Å². The number of carbonyl (C=O) groups excluding carboxylic acids is 1. The van der Waals surface area contributed by atoms with Gasteiger partial charge in [0.2, 0.25) is 0 Å². The van der Waals surface area contributed by atoms with Crippen LogP contribution in [0.1, 0.15) is 27.5 Å². The first kappa shape index (κ1) is 15.0. The molecule has 0 spiro atoms. The Morgan fingerprint density at radius 2 is 2.09 bits per heavy atom. The van der Waals surface area contributed by atoms with E-state index in [-0.39, 0.29) is 12.5 Å². The number of ether oxygens (including phenoxy) is 1. The van der Waals surface area contributed by atoms with E-state index in [4.69, 9.17) is 9.26 Å². The van der Waals surface area contributed by atoms with E-state index >= 15 is 0 Å². The van der Waals surface area contributed by atoms with Crippen molar-refractivity contribution in [2.75, 3.05) is 7.11 Å². The van der Waals surface area contributed by atoms with Crippen LogP contribution in [0, 0.1) is 13.8 Å². The molecule has 0 radical (unpaired) electrons. The summed E-state index contributed by atoms with van der Waals surface area (Å²) in [6.07, 6.45) is 0. The van der Waals surface area contributed by atoms with Crippen LogP contribution in [-0.4, -0.2) is 23.2 Å². The Kier molecular flexibility index (Phi) is 3.97. The van der Waals surface area contributed by atoms with E-state index < -0.39 is 0 Å². The first-order chi connectivity index (χ1) is 11.1. The Hall–Kier alpha value is -2.89. The molecule has 2 aromatic heterocycles. The zero-order chi connectivity index (χ0) is 16.4. The van der Waals surface area contributed by atoms with Crippen molar-refractivity contribution in [3.05, 3.63) is 53.0 Å². The van der Waals surface area contributed by atoms with Gasteiger partial charge in [0, 0.05) is 11.5 Å². The van der Waals surface area contributed by atoms with E-state index in [0.717, 1.165) is 22.3 Å². The van der Waals surface area contributed by atoms with Crippen LogP contribution in [0.2, 0.25) is 0 Å². The van der Waals surface area contributed by atoms with Gasteiger partial charge in [-0.25, -0.2) is 0 Å². The van der Waals surface area contributed by atoms with Gasteiger partial charge < -0.3 is 14.6 Å². The third-order valence-electron chi connectivity index (χ3n) is 3.56. The zero-order valence-corrected chi connectivity index (χ0v) is 13.2. The summed E-state index contributed by atoms with van der Waals surface area (Å²) in [6.45, 7) is 3.94. The van der Waals surface area contributed by atoms with Crippen LogP contribution in [0.25, 0.3) is 10.9 Å². The number of nitrogens with one attached hydrogen (secondary N) is 1. The van der Waals surface area contributed by atoms with Crippen molar-refractivity contribution in [1.82, 2.24) is 15.5 Å². The average Bonchev–Trinajstić information content (AvgIpc) is 2.97. The van der Waals surface area contributed by atoms with Gasteiger partial charge in [-0.1, -0.05) is 5.16 Å². The molecule has 3 aromatic rings. The van der Waals surface area contributed by atoms with Crippen LogP contribution < -0.4 is 10.1 Å². The summed E-state index contributed by atoms with van der Waals surface area (Å²) in [4.78, 5) is 16.9. The molecule has 0 saturated carbocycles. The number of nitrogens with zero attached hydrogens (tertiary/aromatic N) is 2. The van der Waals surface area contributed by atoms with Gasteiger partial charge in [0.1, 0.15) is 5.75 Å². The third kappa shape index (κ3) is 3.15. The number of methoxy groups -OCH3 is 1. The second-order valence-electron chi connectivity index (χ2n) is 5.30. The van der Waals surface area contributed by atoms with E-state index in [0.29, 0.717) is 17.0 Å². The quantitative estimate of drug-likeness (QED) is 0.801. The summed E-state index contributed by atoms with van der Waals surface area (Å²) in [5.74, 6) is 1.14. The number of fused-ring (bicyclic) bond motifs is 1. The van der Waals surface area contributed by atoms with E-state index in [9.17, 15) is 4.79 Å². The summed E-state index contributed by atoms with van der Waals surface area (Å²) in [5.41, 5.74) is 2.81. The molecular weight excluding hydrogens is 294 g/mol. The van der Waals surface area contributed by atoms with Gasteiger partial charge >= 0.3 is 0 Å². The van der Waals surface area contributed by atoms with Crippen LogP contribution in [-0.2, 0) is 6.54 Å². The first-order valence-electron chi connectivity index (χ1n) is 7.22. The number of aromatic nitrogens is 2. The largest absolute Gasteiger partial charge is 0.497 e. The zero-order valence-electron chi connectivity index (χ0n) is 13.2. The fourth-order valence-electron chi connectivity index (χ4n) is 2.37. The van der Waals surface area contributed by atoms with Gasteiger partial charge in [0.25, 0.3) is 5.91 Å². The maximum atomic E-state index is 12.4. The lowest BCUT2D eigenvalue weighted by molar-refractivity contribution is 0.0946. The molecule has 118 valence electrons. The number of aryl methyl sites for hydroxylation is 2. The lowest BCUT2D eigenvalue weighted by Crippen LogP contribution is -2.23. The van der Waals surface area contributed by atoms with Crippen molar-refractivity contribution in [1.29, 1.82) is 0 Å². The number of pyridine rings is 1. The summed E-state index contributed by atoms with van der Waals surface area (Å²) in [6, 6.07) is 9.19. The second kappa shape index (κ2) is 6.08. The normalized spacial score (nSPS) is 10.7. The standard InChI is InChI=1S/C17H17N3O3/c1-10-6-14(23-20-10)9-18-17(21)15-8-12-7-13(22-3)4-5-16(12)19-11(15)2/h4-8H,9H2,1-3H3,(H,18,21). The SMILES string of the molecule is COc1ccc2nc(C)c(C(=O)NCc3cc(C)no3)cc2c1. The number of rotatable bonds is 4. The fraction of sp³-hybridized carbons (Fsp3) is 0.235. The molecule has 0 saturated heterocycles. The van der Waals surface area contributed by atoms with Gasteiger partial charge in [0.05, 0.1) is 36.1 Å². The highest BCUT2D eigenvalue weighted by atomic mass is 16.5. The number of amides is 1. The average molecular weight is 311 g/mol. The van der Waals surface area contributed by atoms with E-state index in [1.165, 1.54) is 0 Å². The fourth-order valence-corrected chi connectivity index (χ4v) is 2.37. The third-order valence-corrected chi connectivity index (χ3v) is 3.56. The van der Waals surface area contributed by atoms with Gasteiger partial charge in [-0.05, 0) is 38.1 Å². The molecule has 0 atom stereocenters. The van der Waals surface area contributed by atoms with Gasteiger partial charge in [-0.2, -0.15) is 0 Å². The Balaban J connectivity index is 1.85. The first-order valence-corrected chi connectivity index (χ1v) is 7.22. The van der Waals surface area contributed by atoms with Crippen LogP contribution in [0.4, 0.5) is 0 Å². The molecule has 1 amide bonds. The predicted molar refractivity (Wildman–Crippen MR) is 85.4 cm³/mol. The molecule has 6 nitrogen and oxygen atoms in total. The van der Waals surface area contributed by atoms with E-state index in [1.807, 2.05) is 38.1 Å². The molecule has 3 rings (SSSR count). The van der Waals surface area contributed by atoms with Gasteiger partial charge in [-0.15, -0.1) is 0 Å². The van der Waals surface area contributed by atoms with Crippen molar-refractivity contribution in [2.24, 2.45) is 0 Å². The van der Waals surface area contributed by atoms with Gasteiger partial charge in [-0.3, -0.25) is 9.78 Å². The van der Waals surface area contributed by atoms with Crippen LogP contribution >= 0.6 is 0 Å². The molecule has 6 heteroatoms. The lowest BCUT2D eigenvalue weighted by atomic mass is 10.1. The monoisotopic (exact) mass is 311 g/mol. The molecule has 2 heterocycles. The molecule has 0 unspecified atom stereocenters. The lowest BCUT2D eigenvalue weighted by Gasteiger charge is -2.08. The van der Waals surface area contributed by atoms with Crippen molar-refractivity contribution in [3.8, 4) is 5.75 Å². The minimum absolute atomic E-state index is 0.200. The Morgan fingerprint density at radius 3 is 2.78 bits per heavy atom. The topological polar surface area (TPSA) is 77.2 Å². The van der Waals surface area contributed by atoms with E-state index in [2.05, 4.69) is 15.5 Å². The number of benzene rings is 1. The highest BCUT2D eigenvalue weighted by Crippen LogP contribution is 2.22. The van der Waals surface area contributed by atoms with Crippen molar-refractivity contribution in [2.45, 2.75) is 20.4 Å². The maximum Gasteiger partial charge on any atom is 0.253 e. The van der Waals surface area contributed by atoms with Crippen LogP contribution in [0.15, 0.2) is 34.9 Å². The minimum Gasteiger partial charge on any atom is -0.497 e. The van der Waals surface area contributed by atoms with Crippen LogP contribution in [0.3, 0.4) is 0 Å². The second-order valence-corrected chi connectivity index (χ2v) is 5.30. The molecule has 0 aliphatic heterocycles. The summed E-state index contributed by atoms with van der Waals surface area (Å²) in [7, 11) is 1.61. The summed E-state index contributed by atoms with van der Waals surface area (Å²) < 4.78 is 10.3. The number of carbonyl (C=O) groups is 1. The minimum atomic E-state index is -0.200. The highest BCUT2D eigenvalue weighted by Gasteiger charge is 2.13. The molecule has 0 bridgehead atoms. The molecule has 0 aliphatic rings. The smallest absolute Gasteiger partial charge is 0.253 e. The predicted octanol–water partition coefficient (Wildman–Crippen LogP) is 2.78. The number of hydrogen-bond donors (Lipinski definition) is 1. The maximum absolute atomic E-state index is 12.4. The van der Waals surface area contributed by atoms with E-state index in [1.54, 1.807) is 13.2 Å². The molecule has 0 aliphatic carbocycles. The van der Waals surface area contributed by atoms with Crippen molar-refractivity contribution in [3.63, 3.8) is 0 Å². The molecule has 23 heavy (non-hydrogen) atoms. The highest BCUT2D eigenvalue weighted by molar-refractivity contribution is 5.98. The Bertz CT molecular complexity index is 871. The molecule has 0 fully saturated rings. The summed E-state index contributed by atoms with van der Waals surface area (Å²) in [5, 5.41) is 7.47. The molecular formula is C17H17N3O3. The number of hydrogen-bond acceptors (Lipinski definition) is 5. The Morgan fingerprint density at radius 1 is 1.26 bits per heavy atom. The molecule has 1 aromatic carbocycles. The van der Waals surface area contributed by atoms with Gasteiger partial charge in [0.15, 0.2) is 5.76 Å². The van der Waals surface area contributed by atoms with Crippen molar-refractivity contribution < 1.29 is 14.1 Å². The summed E-state index contributed by atoms with van der Waals surface area (Å²) >= 11 is 0.